The van der Waals surface area contributed by atoms with E-state index in [1.807, 2.05) is 0 Å². The Balaban J connectivity index is 2.25. The van der Waals surface area contributed by atoms with Crippen molar-refractivity contribution >= 4 is 5.91 Å². The minimum absolute atomic E-state index is 0.261. The van der Waals surface area contributed by atoms with Gasteiger partial charge in [0.15, 0.2) is 0 Å². The molecule has 1 heterocycles. The van der Waals surface area contributed by atoms with E-state index >= 15 is 0 Å². The van der Waals surface area contributed by atoms with Crippen molar-refractivity contribution in [3.63, 3.8) is 0 Å². The highest BCUT2D eigenvalue weighted by atomic mass is 16.7. The quantitative estimate of drug-likeness (QED) is 0.260. The molecule has 10 N–H and O–H groups in total. The van der Waals surface area contributed by atoms with Crippen LogP contribution in [0.5, 0.6) is 0 Å². The highest BCUT2D eigenvalue weighted by molar-refractivity contribution is 5.78. The van der Waals surface area contributed by atoms with Gasteiger partial charge in [-0.25, -0.2) is 0 Å². The van der Waals surface area contributed by atoms with E-state index in [4.69, 9.17) is 37.1 Å². The number of carbonyl (C=O) groups excluding carboxylic acids is 1. The van der Waals surface area contributed by atoms with Gasteiger partial charge >= 0.3 is 0 Å². The summed E-state index contributed by atoms with van der Waals surface area (Å²) in [6.07, 6.45) is -3.13. The first-order chi connectivity index (χ1) is 13.1. The van der Waals surface area contributed by atoms with Crippen LogP contribution >= 0.6 is 0 Å². The molecular weight excluding hydrogens is 370 g/mol. The third-order valence-corrected chi connectivity index (χ3v) is 5.35. The summed E-state index contributed by atoms with van der Waals surface area (Å²) in [6, 6.07) is -2.80. The predicted octanol–water partition coefficient (Wildman–Crippen LogP) is -3.46. The highest BCUT2D eigenvalue weighted by Crippen LogP contribution is 2.30. The summed E-state index contributed by atoms with van der Waals surface area (Å²) in [6.45, 7) is 1.50. The molecule has 11 nitrogen and oxygen atoms in total. The molecule has 162 valence electrons. The number of aliphatic hydroxyl groups excluding tert-OH is 2. The Hall–Kier alpha value is -1.31. The zero-order valence-corrected chi connectivity index (χ0v) is 16.5. The van der Waals surface area contributed by atoms with Crippen molar-refractivity contribution in [2.45, 2.75) is 68.2 Å². The molecule has 9 atom stereocenters. The monoisotopic (exact) mass is 403 g/mol. The van der Waals surface area contributed by atoms with Crippen molar-refractivity contribution < 1.29 is 29.2 Å². The number of carbonyl (C=O) groups is 1. The average molecular weight is 403 g/mol. The maximum Gasteiger partial charge on any atom is 0.236 e. The lowest BCUT2D eigenvalue weighted by Gasteiger charge is -2.49. The van der Waals surface area contributed by atoms with Crippen LogP contribution in [-0.2, 0) is 19.0 Å². The molecule has 0 saturated heterocycles. The summed E-state index contributed by atoms with van der Waals surface area (Å²) in [5.74, 6) is 0.0909. The summed E-state index contributed by atoms with van der Waals surface area (Å²) < 4.78 is 16.9. The summed E-state index contributed by atoms with van der Waals surface area (Å²) in [5.41, 5.74) is 23.5. The maximum absolute atomic E-state index is 12.1. The van der Waals surface area contributed by atoms with Gasteiger partial charge in [-0.15, -0.1) is 0 Å². The van der Waals surface area contributed by atoms with Gasteiger partial charge in [-0.2, -0.15) is 0 Å². The van der Waals surface area contributed by atoms with Crippen molar-refractivity contribution in [2.75, 3.05) is 20.7 Å². The van der Waals surface area contributed by atoms with Crippen LogP contribution in [-0.4, -0.2) is 96.6 Å². The van der Waals surface area contributed by atoms with E-state index in [2.05, 4.69) is 0 Å². The Bertz CT molecular complexity index is 576. The number of amides is 1. The second kappa shape index (κ2) is 9.46. The van der Waals surface area contributed by atoms with Gasteiger partial charge in [0, 0.05) is 14.2 Å². The van der Waals surface area contributed by atoms with Crippen LogP contribution in [0.4, 0.5) is 0 Å². The van der Waals surface area contributed by atoms with Crippen molar-refractivity contribution in [3.8, 4) is 0 Å². The minimum atomic E-state index is -1.27. The van der Waals surface area contributed by atoms with Crippen molar-refractivity contribution in [1.82, 2.24) is 4.90 Å². The number of likely N-dealkylation sites (N-methyl/N-ethyl adjacent to an activating group) is 1. The SMILES string of the molecule is CO[C@H]1[C@@H](O)[C@H](N)[C@@H](O[C@H]2OC([C@H](C)N)=CC[C@H]2N)[C@H](O)[C@@H]1N(C)C(=O)CN. The van der Waals surface area contributed by atoms with Crippen molar-refractivity contribution in [1.29, 1.82) is 0 Å². The Morgan fingerprint density at radius 2 is 2.00 bits per heavy atom. The summed E-state index contributed by atoms with van der Waals surface area (Å²) in [4.78, 5) is 13.3. The molecule has 1 fully saturated rings. The summed E-state index contributed by atoms with van der Waals surface area (Å²) in [5, 5.41) is 21.6. The molecule has 0 radical (unpaired) electrons. The molecule has 1 aliphatic heterocycles. The van der Waals surface area contributed by atoms with E-state index < -0.39 is 54.7 Å². The molecule has 2 rings (SSSR count). The molecule has 0 aromatic rings. The third-order valence-electron chi connectivity index (χ3n) is 5.35. The first-order valence-electron chi connectivity index (χ1n) is 9.27. The number of hydrogen-bond donors (Lipinski definition) is 6. The van der Waals surface area contributed by atoms with Gasteiger partial charge in [0.1, 0.15) is 24.1 Å². The normalized spacial score (nSPS) is 39.7. The minimum Gasteiger partial charge on any atom is -0.466 e. The molecule has 0 bridgehead atoms. The van der Waals surface area contributed by atoms with Gasteiger partial charge in [0.2, 0.25) is 12.2 Å². The fourth-order valence-corrected chi connectivity index (χ4v) is 3.65. The van der Waals surface area contributed by atoms with E-state index in [1.54, 1.807) is 13.0 Å². The molecule has 2 aliphatic rings. The van der Waals surface area contributed by atoms with E-state index in [0.29, 0.717) is 12.2 Å². The van der Waals surface area contributed by atoms with Crippen LogP contribution in [0.15, 0.2) is 11.8 Å². The second-order valence-corrected chi connectivity index (χ2v) is 7.34. The molecule has 0 unspecified atom stereocenters. The van der Waals surface area contributed by atoms with Gasteiger partial charge in [-0.3, -0.25) is 4.79 Å². The molecule has 0 aromatic heterocycles. The molecule has 1 aliphatic carbocycles. The summed E-state index contributed by atoms with van der Waals surface area (Å²) >= 11 is 0. The third kappa shape index (κ3) is 4.47. The smallest absolute Gasteiger partial charge is 0.236 e. The van der Waals surface area contributed by atoms with Crippen LogP contribution in [0.1, 0.15) is 13.3 Å². The number of rotatable bonds is 6. The number of aliphatic hydroxyl groups is 2. The van der Waals surface area contributed by atoms with Crippen LogP contribution < -0.4 is 22.9 Å². The maximum atomic E-state index is 12.1. The Morgan fingerprint density at radius 3 is 2.54 bits per heavy atom. The fourth-order valence-electron chi connectivity index (χ4n) is 3.65. The lowest BCUT2D eigenvalue weighted by molar-refractivity contribution is -0.239. The van der Waals surface area contributed by atoms with E-state index in [9.17, 15) is 15.0 Å². The molecule has 0 spiro atoms. The van der Waals surface area contributed by atoms with Gasteiger partial charge in [-0.05, 0) is 19.4 Å². The zero-order valence-electron chi connectivity index (χ0n) is 16.5. The Labute approximate surface area is 164 Å². The van der Waals surface area contributed by atoms with E-state index in [0.717, 1.165) is 0 Å². The van der Waals surface area contributed by atoms with Gasteiger partial charge < -0.3 is 52.3 Å². The topological polar surface area (TPSA) is 193 Å². The van der Waals surface area contributed by atoms with Crippen LogP contribution in [0.25, 0.3) is 0 Å². The number of nitrogens with zero attached hydrogens (tertiary/aromatic N) is 1. The predicted molar refractivity (Wildman–Crippen MR) is 100 cm³/mol. The first kappa shape index (κ1) is 23.0. The van der Waals surface area contributed by atoms with E-state index in [-0.39, 0.29) is 12.6 Å². The molecule has 11 heteroatoms. The lowest BCUT2D eigenvalue weighted by Crippen LogP contribution is -2.72. The van der Waals surface area contributed by atoms with E-state index in [1.165, 1.54) is 19.1 Å². The molecule has 0 aromatic carbocycles. The number of methoxy groups -OCH3 is 1. The molecule has 1 amide bonds. The Kier molecular flexibility index (Phi) is 7.76. The fraction of sp³-hybridized carbons (Fsp3) is 0.824. The van der Waals surface area contributed by atoms with Crippen molar-refractivity contribution in [3.05, 3.63) is 11.8 Å². The molecule has 1 saturated carbocycles. The zero-order chi connectivity index (χ0) is 21.2. The number of nitrogens with two attached hydrogens (primary N) is 4. The number of ether oxygens (including phenoxy) is 3. The van der Waals surface area contributed by atoms with Crippen LogP contribution in [0, 0.1) is 0 Å². The van der Waals surface area contributed by atoms with Gasteiger partial charge in [0.25, 0.3) is 0 Å². The van der Waals surface area contributed by atoms with Crippen LogP contribution in [0.2, 0.25) is 0 Å². The second-order valence-electron chi connectivity index (χ2n) is 7.34. The Morgan fingerprint density at radius 1 is 1.36 bits per heavy atom. The first-order valence-corrected chi connectivity index (χ1v) is 9.27. The summed E-state index contributed by atoms with van der Waals surface area (Å²) in [7, 11) is 2.83. The standard InChI is InChI=1S/C17H33N5O6/c1-7(19)9-5-4-8(20)17(27-9)28-15-11(21)13(24)16(26-3)12(14(15)25)22(2)10(23)6-18/h5,7-8,11-17,24-25H,4,6,18-21H2,1-3H3/t7-,8+,11-,12-,13-,14+,15+,16+,17+/m0/s1. The molecular formula is C17H33N5O6. The van der Waals surface area contributed by atoms with Gasteiger partial charge in [0.05, 0.1) is 36.8 Å². The largest absolute Gasteiger partial charge is 0.466 e. The number of hydrogen-bond acceptors (Lipinski definition) is 10. The molecule has 28 heavy (non-hydrogen) atoms. The van der Waals surface area contributed by atoms with Gasteiger partial charge in [-0.1, -0.05) is 0 Å². The van der Waals surface area contributed by atoms with Crippen LogP contribution in [0.3, 0.4) is 0 Å². The highest BCUT2D eigenvalue weighted by Gasteiger charge is 2.53. The van der Waals surface area contributed by atoms with Crippen molar-refractivity contribution in [2.24, 2.45) is 22.9 Å². The lowest BCUT2D eigenvalue weighted by atomic mass is 9.80. The average Bonchev–Trinajstić information content (AvgIpc) is 2.67.